The molecule has 0 saturated carbocycles. The van der Waals surface area contributed by atoms with Gasteiger partial charge in [0.05, 0.1) is 0 Å². The number of rotatable bonds is 2. The standard InChI is InChI=1S/C8H14N2O4/c1-9-5-2-3-10(8(13)14)6(4-5)7(11)12/h5-6,9H,2-4H2,1H3,(H,11,12)(H,13,14)/t5?,6-/m1/s1. The Hall–Kier alpha value is -1.30. The number of piperidine rings is 1. The first-order valence-electron chi connectivity index (χ1n) is 4.46. The van der Waals surface area contributed by atoms with Crippen LogP contribution in [-0.2, 0) is 4.79 Å². The van der Waals surface area contributed by atoms with Crippen molar-refractivity contribution in [1.29, 1.82) is 0 Å². The fraction of sp³-hybridized carbons (Fsp3) is 0.750. The molecule has 1 unspecified atom stereocenters. The summed E-state index contributed by atoms with van der Waals surface area (Å²) in [6.07, 6.45) is -0.169. The van der Waals surface area contributed by atoms with E-state index in [0.717, 1.165) is 4.90 Å². The maximum atomic E-state index is 10.8. The van der Waals surface area contributed by atoms with Crippen LogP contribution >= 0.6 is 0 Å². The van der Waals surface area contributed by atoms with E-state index in [0.29, 0.717) is 12.8 Å². The maximum Gasteiger partial charge on any atom is 0.408 e. The Bertz CT molecular complexity index is 243. The SMILES string of the molecule is CNC1CCN(C(=O)O)[C@@H](C(=O)O)C1. The van der Waals surface area contributed by atoms with Gasteiger partial charge >= 0.3 is 12.1 Å². The number of aliphatic carboxylic acids is 1. The third-order valence-corrected chi connectivity index (χ3v) is 2.54. The van der Waals surface area contributed by atoms with E-state index in [4.69, 9.17) is 10.2 Å². The molecule has 0 aromatic heterocycles. The Morgan fingerprint density at radius 2 is 2.07 bits per heavy atom. The number of carboxylic acids is 1. The number of nitrogens with one attached hydrogen (secondary N) is 1. The molecule has 0 aromatic carbocycles. The second-order valence-corrected chi connectivity index (χ2v) is 3.34. The van der Waals surface area contributed by atoms with Crippen molar-refractivity contribution in [1.82, 2.24) is 10.2 Å². The average molecular weight is 202 g/mol. The number of carboxylic acid groups (broad SMARTS) is 2. The summed E-state index contributed by atoms with van der Waals surface area (Å²) in [5, 5.41) is 20.6. The van der Waals surface area contributed by atoms with Gasteiger partial charge in [0.25, 0.3) is 0 Å². The van der Waals surface area contributed by atoms with Gasteiger partial charge in [0.1, 0.15) is 6.04 Å². The van der Waals surface area contributed by atoms with Gasteiger partial charge in [-0.15, -0.1) is 0 Å². The molecular formula is C8H14N2O4. The Balaban J connectivity index is 2.70. The zero-order valence-electron chi connectivity index (χ0n) is 7.93. The molecule has 0 aromatic rings. The second-order valence-electron chi connectivity index (χ2n) is 3.34. The highest BCUT2D eigenvalue weighted by Crippen LogP contribution is 2.17. The summed E-state index contributed by atoms with van der Waals surface area (Å²) in [5.74, 6) is -1.08. The van der Waals surface area contributed by atoms with Gasteiger partial charge < -0.3 is 15.5 Å². The summed E-state index contributed by atoms with van der Waals surface area (Å²) in [5.41, 5.74) is 0. The average Bonchev–Trinajstić information content (AvgIpc) is 2.16. The Morgan fingerprint density at radius 3 is 2.50 bits per heavy atom. The maximum absolute atomic E-state index is 10.8. The van der Waals surface area contributed by atoms with Crippen LogP contribution in [0.25, 0.3) is 0 Å². The van der Waals surface area contributed by atoms with Gasteiger partial charge in [-0.05, 0) is 19.9 Å². The molecule has 1 aliphatic rings. The van der Waals surface area contributed by atoms with E-state index in [2.05, 4.69) is 5.32 Å². The Morgan fingerprint density at radius 1 is 1.43 bits per heavy atom. The highest BCUT2D eigenvalue weighted by Gasteiger charge is 2.35. The van der Waals surface area contributed by atoms with Crippen molar-refractivity contribution in [2.45, 2.75) is 24.9 Å². The smallest absolute Gasteiger partial charge is 0.408 e. The lowest BCUT2D eigenvalue weighted by Gasteiger charge is -2.35. The van der Waals surface area contributed by atoms with Crippen molar-refractivity contribution in [2.24, 2.45) is 0 Å². The van der Waals surface area contributed by atoms with Crippen molar-refractivity contribution in [3.05, 3.63) is 0 Å². The van der Waals surface area contributed by atoms with Crippen LogP contribution in [0.1, 0.15) is 12.8 Å². The lowest BCUT2D eigenvalue weighted by atomic mass is 9.98. The number of likely N-dealkylation sites (tertiary alicyclic amines) is 1. The predicted molar refractivity (Wildman–Crippen MR) is 48.2 cm³/mol. The molecule has 0 spiro atoms. The van der Waals surface area contributed by atoms with Gasteiger partial charge in [0.15, 0.2) is 0 Å². The first kappa shape index (κ1) is 10.8. The molecule has 6 heteroatoms. The van der Waals surface area contributed by atoms with Gasteiger partial charge in [-0.3, -0.25) is 4.90 Å². The van der Waals surface area contributed by atoms with Gasteiger partial charge in [-0.1, -0.05) is 0 Å². The zero-order valence-corrected chi connectivity index (χ0v) is 7.93. The van der Waals surface area contributed by atoms with Crippen LogP contribution in [0.15, 0.2) is 0 Å². The van der Waals surface area contributed by atoms with E-state index in [-0.39, 0.29) is 12.6 Å². The minimum absolute atomic E-state index is 0.0895. The molecular weight excluding hydrogens is 188 g/mol. The molecule has 3 N–H and O–H groups in total. The van der Waals surface area contributed by atoms with E-state index in [1.54, 1.807) is 7.05 Å². The first-order chi connectivity index (χ1) is 6.56. The number of nitrogens with zero attached hydrogens (tertiary/aromatic N) is 1. The normalized spacial score (nSPS) is 27.4. The fourth-order valence-corrected chi connectivity index (χ4v) is 1.69. The van der Waals surface area contributed by atoms with Crippen LogP contribution in [0.5, 0.6) is 0 Å². The van der Waals surface area contributed by atoms with Crippen molar-refractivity contribution in [3.63, 3.8) is 0 Å². The summed E-state index contributed by atoms with van der Waals surface area (Å²) in [7, 11) is 1.75. The van der Waals surface area contributed by atoms with Crippen LogP contribution < -0.4 is 5.32 Å². The summed E-state index contributed by atoms with van der Waals surface area (Å²) >= 11 is 0. The third kappa shape index (κ3) is 2.14. The van der Waals surface area contributed by atoms with Crippen LogP contribution in [-0.4, -0.2) is 52.9 Å². The quantitative estimate of drug-likeness (QED) is 0.577. The number of carbonyl (C=O) groups is 2. The molecule has 1 rings (SSSR count). The number of hydrogen-bond acceptors (Lipinski definition) is 3. The molecule has 80 valence electrons. The lowest BCUT2D eigenvalue weighted by Crippen LogP contribution is -2.53. The van der Waals surface area contributed by atoms with Crippen molar-refractivity contribution in [3.8, 4) is 0 Å². The van der Waals surface area contributed by atoms with Gasteiger partial charge in [-0.2, -0.15) is 0 Å². The molecule has 0 bridgehead atoms. The molecule has 1 fully saturated rings. The monoisotopic (exact) mass is 202 g/mol. The predicted octanol–water partition coefficient (Wildman–Crippen LogP) is -0.199. The highest BCUT2D eigenvalue weighted by atomic mass is 16.4. The summed E-state index contributed by atoms with van der Waals surface area (Å²) < 4.78 is 0. The van der Waals surface area contributed by atoms with Gasteiger partial charge in [-0.25, -0.2) is 9.59 Å². The Labute approximate surface area is 81.5 Å². The van der Waals surface area contributed by atoms with E-state index >= 15 is 0 Å². The minimum Gasteiger partial charge on any atom is -0.480 e. The van der Waals surface area contributed by atoms with Gasteiger partial charge in [0, 0.05) is 12.6 Å². The van der Waals surface area contributed by atoms with Gasteiger partial charge in [0.2, 0.25) is 0 Å². The van der Waals surface area contributed by atoms with E-state index in [1.165, 1.54) is 0 Å². The zero-order chi connectivity index (χ0) is 10.7. The number of hydrogen-bond donors (Lipinski definition) is 3. The van der Waals surface area contributed by atoms with Crippen molar-refractivity contribution >= 4 is 12.1 Å². The molecule has 14 heavy (non-hydrogen) atoms. The highest BCUT2D eigenvalue weighted by molar-refractivity contribution is 5.79. The molecule has 6 nitrogen and oxygen atoms in total. The third-order valence-electron chi connectivity index (χ3n) is 2.54. The van der Waals surface area contributed by atoms with E-state index < -0.39 is 18.1 Å². The second kappa shape index (κ2) is 4.28. The summed E-state index contributed by atoms with van der Waals surface area (Å²) in [6.45, 7) is 0.276. The lowest BCUT2D eigenvalue weighted by molar-refractivity contribution is -0.144. The summed E-state index contributed by atoms with van der Waals surface area (Å²) in [4.78, 5) is 22.5. The van der Waals surface area contributed by atoms with E-state index in [1.807, 2.05) is 0 Å². The van der Waals surface area contributed by atoms with Crippen LogP contribution in [0.2, 0.25) is 0 Å². The first-order valence-corrected chi connectivity index (χ1v) is 4.46. The van der Waals surface area contributed by atoms with Crippen molar-refractivity contribution < 1.29 is 19.8 Å². The fourth-order valence-electron chi connectivity index (χ4n) is 1.69. The van der Waals surface area contributed by atoms with Crippen molar-refractivity contribution in [2.75, 3.05) is 13.6 Å². The van der Waals surface area contributed by atoms with E-state index in [9.17, 15) is 9.59 Å². The largest absolute Gasteiger partial charge is 0.480 e. The molecule has 1 amide bonds. The molecule has 0 aliphatic carbocycles. The number of amides is 1. The minimum atomic E-state index is -1.16. The molecule has 0 radical (unpaired) electrons. The van der Waals surface area contributed by atoms with Crippen LogP contribution in [0.3, 0.4) is 0 Å². The summed E-state index contributed by atoms with van der Waals surface area (Å²) in [6, 6.07) is -0.828. The van der Waals surface area contributed by atoms with Crippen LogP contribution in [0, 0.1) is 0 Å². The molecule has 1 saturated heterocycles. The molecule has 1 aliphatic heterocycles. The topological polar surface area (TPSA) is 89.9 Å². The molecule has 2 atom stereocenters. The van der Waals surface area contributed by atoms with Crippen LogP contribution in [0.4, 0.5) is 4.79 Å². The molecule has 1 heterocycles. The Kier molecular flexibility index (Phi) is 3.29.